The van der Waals surface area contributed by atoms with Gasteiger partial charge in [0.15, 0.2) is 17.5 Å². The molecule has 1 aliphatic heterocycles. The second kappa shape index (κ2) is 6.44. The highest BCUT2D eigenvalue weighted by atomic mass is 32.1. The highest BCUT2D eigenvalue weighted by Gasteiger charge is 2.36. The first-order valence-corrected chi connectivity index (χ1v) is 8.59. The molecule has 116 valence electrons. The summed E-state index contributed by atoms with van der Waals surface area (Å²) in [6.45, 7) is 1.50. The van der Waals surface area contributed by atoms with E-state index in [9.17, 15) is 14.4 Å². The minimum atomic E-state index is -1.38. The van der Waals surface area contributed by atoms with E-state index in [4.69, 9.17) is 4.74 Å². The van der Waals surface area contributed by atoms with Gasteiger partial charge in [-0.3, -0.25) is 14.4 Å². The summed E-state index contributed by atoms with van der Waals surface area (Å²) in [5.41, 5.74) is 1.09. The number of rotatable bonds is 4. The molecule has 3 rings (SSSR count). The first-order valence-electron chi connectivity index (χ1n) is 6.83. The van der Waals surface area contributed by atoms with Gasteiger partial charge in [0.05, 0.1) is 0 Å². The summed E-state index contributed by atoms with van der Waals surface area (Å²) >= 11 is 3.13. The van der Waals surface area contributed by atoms with Crippen molar-refractivity contribution in [3.8, 4) is 10.4 Å². The summed E-state index contributed by atoms with van der Waals surface area (Å²) in [6.07, 6.45) is 4.07. The van der Waals surface area contributed by atoms with Crippen LogP contribution < -0.4 is 0 Å². The van der Waals surface area contributed by atoms with Gasteiger partial charge < -0.3 is 4.74 Å². The van der Waals surface area contributed by atoms with Crippen LogP contribution in [0.4, 0.5) is 0 Å². The molecule has 0 amide bonds. The molecule has 1 aliphatic rings. The van der Waals surface area contributed by atoms with Gasteiger partial charge in [0.2, 0.25) is 0 Å². The van der Waals surface area contributed by atoms with Gasteiger partial charge in [-0.2, -0.15) is 0 Å². The van der Waals surface area contributed by atoms with E-state index in [0.717, 1.165) is 15.3 Å². The summed E-state index contributed by atoms with van der Waals surface area (Å²) in [5, 5.41) is 4.00. The third kappa shape index (κ3) is 3.38. The third-order valence-electron chi connectivity index (χ3n) is 3.25. The molecule has 0 radical (unpaired) electrons. The number of hydrogen-bond acceptors (Lipinski definition) is 6. The van der Waals surface area contributed by atoms with Crippen LogP contribution in [0.5, 0.6) is 0 Å². The van der Waals surface area contributed by atoms with E-state index in [2.05, 4.69) is 0 Å². The van der Waals surface area contributed by atoms with Crippen molar-refractivity contribution in [2.45, 2.75) is 6.92 Å². The Kier molecular flexibility index (Phi) is 4.36. The molecule has 0 fully saturated rings. The summed E-state index contributed by atoms with van der Waals surface area (Å²) < 4.78 is 4.85. The Labute approximate surface area is 140 Å². The van der Waals surface area contributed by atoms with Crippen LogP contribution >= 0.6 is 22.7 Å². The Balaban J connectivity index is 1.74. The van der Waals surface area contributed by atoms with E-state index in [1.807, 2.05) is 29.0 Å². The molecular weight excluding hydrogens is 332 g/mol. The average molecular weight is 344 g/mol. The minimum Gasteiger partial charge on any atom is -0.430 e. The van der Waals surface area contributed by atoms with E-state index in [1.165, 1.54) is 30.4 Å². The molecule has 3 heterocycles. The number of ketones is 2. The zero-order valence-electron chi connectivity index (χ0n) is 12.1. The second-order valence-corrected chi connectivity index (χ2v) is 6.85. The largest absolute Gasteiger partial charge is 0.430 e. The van der Waals surface area contributed by atoms with Crippen molar-refractivity contribution in [2.24, 2.45) is 5.92 Å². The first-order chi connectivity index (χ1) is 11.0. The summed E-state index contributed by atoms with van der Waals surface area (Å²) in [4.78, 5) is 37.6. The number of ether oxygens (including phenoxy) is 1. The van der Waals surface area contributed by atoms with Crippen LogP contribution in [0.2, 0.25) is 0 Å². The molecule has 0 N–H and O–H groups in total. The van der Waals surface area contributed by atoms with Crippen LogP contribution in [0.1, 0.15) is 11.8 Å². The molecular formula is C17H12O4S2. The molecule has 2 aromatic heterocycles. The Morgan fingerprint density at radius 1 is 1.30 bits per heavy atom. The van der Waals surface area contributed by atoms with Crippen molar-refractivity contribution < 1.29 is 19.1 Å². The van der Waals surface area contributed by atoms with Gasteiger partial charge in [0.25, 0.3) is 0 Å². The summed E-state index contributed by atoms with van der Waals surface area (Å²) in [6, 6.07) is 5.97. The highest BCUT2D eigenvalue weighted by molar-refractivity contribution is 7.15. The lowest BCUT2D eigenvalue weighted by molar-refractivity contribution is -0.151. The van der Waals surface area contributed by atoms with Gasteiger partial charge in [-0.1, -0.05) is 6.07 Å². The van der Waals surface area contributed by atoms with Gasteiger partial charge in [-0.15, -0.1) is 22.7 Å². The standard InChI is InChI=1S/C17H12O4S2/c1-10-7-14(19)16(17(20)21-10)13(18)5-4-12-8-11(9-23-12)15-3-2-6-22-15/h2-9,16H,1H3/b5-4+/t16-/m1/s1. The average Bonchev–Trinajstić information content (AvgIpc) is 3.15. The maximum absolute atomic E-state index is 12.1. The number of cyclic esters (lactones) is 1. The van der Waals surface area contributed by atoms with E-state index in [-0.39, 0.29) is 5.76 Å². The van der Waals surface area contributed by atoms with Crippen molar-refractivity contribution in [1.29, 1.82) is 0 Å². The quantitative estimate of drug-likeness (QED) is 0.482. The van der Waals surface area contributed by atoms with Crippen LogP contribution in [0.3, 0.4) is 0 Å². The van der Waals surface area contributed by atoms with Crippen LogP contribution in [0.25, 0.3) is 16.5 Å². The number of allylic oxidation sites excluding steroid dienone is 3. The van der Waals surface area contributed by atoms with Gasteiger partial charge in [0.1, 0.15) is 5.76 Å². The molecule has 1 atom stereocenters. The molecule has 0 spiro atoms. The third-order valence-corrected chi connectivity index (χ3v) is 5.07. The molecule has 0 aromatic carbocycles. The molecule has 0 unspecified atom stereocenters. The van der Waals surface area contributed by atoms with Crippen LogP contribution in [-0.2, 0) is 19.1 Å². The first kappa shape index (κ1) is 15.6. The molecule has 6 heteroatoms. The molecule has 4 nitrogen and oxygen atoms in total. The number of hydrogen-bond donors (Lipinski definition) is 0. The molecule has 0 saturated heterocycles. The fourth-order valence-electron chi connectivity index (χ4n) is 2.18. The SMILES string of the molecule is CC1=CC(=O)[C@@H](C(=O)/C=C/c2cc(-c3cccs3)cs2)C(=O)O1. The normalized spacial score (nSPS) is 18.1. The Morgan fingerprint density at radius 2 is 2.13 bits per heavy atom. The maximum atomic E-state index is 12.1. The fourth-order valence-corrected chi connectivity index (χ4v) is 3.77. The highest BCUT2D eigenvalue weighted by Crippen LogP contribution is 2.29. The van der Waals surface area contributed by atoms with Gasteiger partial charge in [-0.25, -0.2) is 0 Å². The molecule has 0 aliphatic carbocycles. The number of esters is 1. The zero-order chi connectivity index (χ0) is 16.4. The smallest absolute Gasteiger partial charge is 0.329 e. The Bertz CT molecular complexity index is 825. The second-order valence-electron chi connectivity index (χ2n) is 4.96. The topological polar surface area (TPSA) is 60.4 Å². The molecule has 23 heavy (non-hydrogen) atoms. The van der Waals surface area contributed by atoms with Crippen molar-refractivity contribution in [3.63, 3.8) is 0 Å². The monoisotopic (exact) mass is 344 g/mol. The minimum absolute atomic E-state index is 0.215. The van der Waals surface area contributed by atoms with E-state index >= 15 is 0 Å². The van der Waals surface area contributed by atoms with Crippen LogP contribution in [-0.4, -0.2) is 17.5 Å². The van der Waals surface area contributed by atoms with Gasteiger partial charge in [0, 0.05) is 21.4 Å². The Hall–Kier alpha value is -2.31. The Morgan fingerprint density at radius 3 is 2.83 bits per heavy atom. The van der Waals surface area contributed by atoms with Crippen LogP contribution in [0, 0.1) is 5.92 Å². The number of thiophene rings is 2. The van der Waals surface area contributed by atoms with Crippen LogP contribution in [0.15, 0.2) is 46.9 Å². The number of carbonyl (C=O) groups excluding carboxylic acids is 3. The lowest BCUT2D eigenvalue weighted by atomic mass is 9.96. The lowest BCUT2D eigenvalue weighted by Gasteiger charge is -2.15. The van der Waals surface area contributed by atoms with E-state index in [0.29, 0.717) is 0 Å². The van der Waals surface area contributed by atoms with Crippen molar-refractivity contribution >= 4 is 46.3 Å². The van der Waals surface area contributed by atoms with Gasteiger partial charge in [-0.05, 0) is 42.0 Å². The van der Waals surface area contributed by atoms with Crippen molar-refractivity contribution in [3.05, 3.63) is 51.7 Å². The van der Waals surface area contributed by atoms with Crippen molar-refractivity contribution in [2.75, 3.05) is 0 Å². The van der Waals surface area contributed by atoms with E-state index < -0.39 is 23.5 Å². The lowest BCUT2D eigenvalue weighted by Crippen LogP contribution is -2.34. The molecule has 0 saturated carbocycles. The van der Waals surface area contributed by atoms with Crippen molar-refractivity contribution in [1.82, 2.24) is 0 Å². The predicted molar refractivity (Wildman–Crippen MR) is 90.0 cm³/mol. The zero-order valence-corrected chi connectivity index (χ0v) is 13.8. The predicted octanol–water partition coefficient (Wildman–Crippen LogP) is 3.70. The van der Waals surface area contributed by atoms with Gasteiger partial charge >= 0.3 is 5.97 Å². The molecule has 2 aromatic rings. The summed E-state index contributed by atoms with van der Waals surface area (Å²) in [7, 11) is 0. The maximum Gasteiger partial charge on any atom is 0.329 e. The van der Waals surface area contributed by atoms with E-state index in [1.54, 1.807) is 17.4 Å². The molecule has 0 bridgehead atoms. The summed E-state index contributed by atoms with van der Waals surface area (Å²) in [5.74, 6) is -3.07. The fraction of sp³-hybridized carbons (Fsp3) is 0.118. The number of carbonyl (C=O) groups is 3.